The molecule has 0 aliphatic carbocycles. The average Bonchev–Trinajstić information content (AvgIpc) is 2.57. The molecule has 14 heavy (non-hydrogen) atoms. The van der Waals surface area contributed by atoms with Gasteiger partial charge >= 0.3 is 0 Å². The molecule has 5 heteroatoms. The van der Waals surface area contributed by atoms with Crippen molar-refractivity contribution in [1.82, 2.24) is 4.98 Å². The molecule has 0 N–H and O–H groups in total. The molecule has 1 aromatic carbocycles. The van der Waals surface area contributed by atoms with Crippen LogP contribution < -0.4 is 0 Å². The minimum atomic E-state index is 0.0391. The standard InChI is InChI=1S/C9H7NO2S2/c1-6(11)13-14-9-10-7-4-2-3-5-8(7)12-9/h2-5H,1H3. The summed E-state index contributed by atoms with van der Waals surface area (Å²) in [5.41, 5.74) is 1.57. The molecule has 3 nitrogen and oxygen atoms in total. The van der Waals surface area contributed by atoms with E-state index in [0.717, 1.165) is 21.9 Å². The molecular formula is C9H7NO2S2. The largest absolute Gasteiger partial charge is 0.431 e. The van der Waals surface area contributed by atoms with Crippen molar-refractivity contribution >= 4 is 37.8 Å². The highest BCUT2D eigenvalue weighted by Crippen LogP contribution is 2.32. The Bertz CT molecular complexity index is 434. The van der Waals surface area contributed by atoms with Gasteiger partial charge in [0.05, 0.1) is 0 Å². The summed E-state index contributed by atoms with van der Waals surface area (Å²) in [7, 11) is 2.36. The Labute approximate surface area is 88.7 Å². The first-order chi connectivity index (χ1) is 6.75. The van der Waals surface area contributed by atoms with Crippen molar-refractivity contribution in [3.8, 4) is 0 Å². The summed E-state index contributed by atoms with van der Waals surface area (Å²) in [5.74, 6) is 0. The second-order valence-electron chi connectivity index (χ2n) is 2.61. The van der Waals surface area contributed by atoms with Crippen LogP contribution in [0.1, 0.15) is 6.92 Å². The van der Waals surface area contributed by atoms with Crippen molar-refractivity contribution < 1.29 is 9.21 Å². The van der Waals surface area contributed by atoms with Crippen molar-refractivity contribution in [3.05, 3.63) is 24.3 Å². The van der Waals surface area contributed by atoms with Gasteiger partial charge in [0.2, 0.25) is 0 Å². The summed E-state index contributed by atoms with van der Waals surface area (Å²) in [4.78, 5) is 14.9. The predicted octanol–water partition coefficient (Wildman–Crippen LogP) is 3.11. The number of nitrogens with zero attached hydrogens (tertiary/aromatic N) is 1. The van der Waals surface area contributed by atoms with Gasteiger partial charge in [0.15, 0.2) is 10.7 Å². The minimum Gasteiger partial charge on any atom is -0.431 e. The molecule has 72 valence electrons. The molecule has 1 heterocycles. The molecule has 2 aromatic rings. The summed E-state index contributed by atoms with van der Waals surface area (Å²) >= 11 is 0. The molecule has 0 spiro atoms. The molecule has 0 aliphatic rings. The Hall–Kier alpha value is -0.940. The Morgan fingerprint density at radius 3 is 2.93 bits per heavy atom. The topological polar surface area (TPSA) is 43.1 Å². The molecule has 0 bridgehead atoms. The number of rotatable bonds is 2. The third-order valence-corrected chi connectivity index (χ3v) is 3.52. The van der Waals surface area contributed by atoms with Crippen molar-refractivity contribution in [2.24, 2.45) is 0 Å². The number of hydrogen-bond acceptors (Lipinski definition) is 5. The fraction of sp³-hybridized carbons (Fsp3) is 0.111. The van der Waals surface area contributed by atoms with Crippen molar-refractivity contribution in [2.45, 2.75) is 12.1 Å². The van der Waals surface area contributed by atoms with Crippen LogP contribution in [0.25, 0.3) is 11.1 Å². The molecule has 1 aromatic heterocycles. The number of fused-ring (bicyclic) bond motifs is 1. The molecule has 0 saturated carbocycles. The van der Waals surface area contributed by atoms with Gasteiger partial charge in [-0.05, 0) is 22.9 Å². The summed E-state index contributed by atoms with van der Waals surface area (Å²) in [6.07, 6.45) is 0. The molecule has 0 radical (unpaired) electrons. The van der Waals surface area contributed by atoms with Crippen LogP contribution in [-0.2, 0) is 4.79 Å². The number of hydrogen-bond donors (Lipinski definition) is 0. The van der Waals surface area contributed by atoms with E-state index in [-0.39, 0.29) is 5.12 Å². The number of oxazole rings is 1. The van der Waals surface area contributed by atoms with E-state index in [0.29, 0.717) is 5.22 Å². The normalized spacial score (nSPS) is 10.6. The van der Waals surface area contributed by atoms with Crippen molar-refractivity contribution in [1.29, 1.82) is 0 Å². The van der Waals surface area contributed by atoms with E-state index in [1.807, 2.05) is 24.3 Å². The third-order valence-electron chi connectivity index (χ3n) is 1.50. The van der Waals surface area contributed by atoms with Gasteiger partial charge in [0, 0.05) is 17.7 Å². The second-order valence-corrected chi connectivity index (χ2v) is 4.86. The predicted molar refractivity (Wildman–Crippen MR) is 58.1 cm³/mol. The van der Waals surface area contributed by atoms with Crippen LogP contribution in [0.2, 0.25) is 0 Å². The van der Waals surface area contributed by atoms with E-state index in [1.165, 1.54) is 17.7 Å². The fourth-order valence-corrected chi connectivity index (χ4v) is 2.21. The average molecular weight is 225 g/mol. The highest BCUT2D eigenvalue weighted by atomic mass is 33.1. The lowest BCUT2D eigenvalue weighted by atomic mass is 10.3. The van der Waals surface area contributed by atoms with Gasteiger partial charge in [-0.15, -0.1) is 0 Å². The van der Waals surface area contributed by atoms with Crippen LogP contribution in [0.15, 0.2) is 33.9 Å². The zero-order valence-electron chi connectivity index (χ0n) is 7.39. The minimum absolute atomic E-state index is 0.0391. The molecular weight excluding hydrogens is 218 g/mol. The third kappa shape index (κ3) is 2.10. The molecule has 0 fully saturated rings. The number of carbonyl (C=O) groups is 1. The Balaban J connectivity index is 2.22. The first-order valence-electron chi connectivity index (χ1n) is 3.96. The Morgan fingerprint density at radius 2 is 2.21 bits per heavy atom. The Kier molecular flexibility index (Phi) is 2.79. The number of para-hydroxylation sites is 2. The first-order valence-corrected chi connectivity index (χ1v) is 6.11. The van der Waals surface area contributed by atoms with Crippen LogP contribution in [0.3, 0.4) is 0 Å². The summed E-state index contributed by atoms with van der Waals surface area (Å²) in [6, 6.07) is 7.52. The lowest BCUT2D eigenvalue weighted by Gasteiger charge is -1.87. The molecule has 0 unspecified atom stereocenters. The van der Waals surface area contributed by atoms with E-state index in [9.17, 15) is 4.79 Å². The second kappa shape index (κ2) is 4.06. The van der Waals surface area contributed by atoms with E-state index in [4.69, 9.17) is 4.42 Å². The summed E-state index contributed by atoms with van der Waals surface area (Å²) in [5, 5.41) is 0.559. The molecule has 0 saturated heterocycles. The smallest absolute Gasteiger partial charge is 0.268 e. The lowest BCUT2D eigenvalue weighted by Crippen LogP contribution is -1.74. The van der Waals surface area contributed by atoms with Gasteiger partial charge in [0.1, 0.15) is 5.52 Å². The quantitative estimate of drug-likeness (QED) is 0.735. The highest BCUT2D eigenvalue weighted by Gasteiger charge is 2.06. The van der Waals surface area contributed by atoms with Crippen LogP contribution in [-0.4, -0.2) is 10.1 Å². The monoisotopic (exact) mass is 225 g/mol. The van der Waals surface area contributed by atoms with E-state index >= 15 is 0 Å². The maximum absolute atomic E-state index is 10.7. The SMILES string of the molecule is CC(=O)SSc1nc2ccccc2o1. The van der Waals surface area contributed by atoms with Crippen molar-refractivity contribution in [3.63, 3.8) is 0 Å². The van der Waals surface area contributed by atoms with Crippen LogP contribution in [0.5, 0.6) is 0 Å². The molecule has 0 amide bonds. The van der Waals surface area contributed by atoms with E-state index in [1.54, 1.807) is 0 Å². The molecule has 0 aliphatic heterocycles. The highest BCUT2D eigenvalue weighted by molar-refractivity contribution is 8.82. The van der Waals surface area contributed by atoms with E-state index in [2.05, 4.69) is 4.98 Å². The lowest BCUT2D eigenvalue weighted by molar-refractivity contribution is -0.109. The van der Waals surface area contributed by atoms with Gasteiger partial charge in [-0.2, -0.15) is 0 Å². The summed E-state index contributed by atoms with van der Waals surface area (Å²) < 4.78 is 5.40. The van der Waals surface area contributed by atoms with Crippen LogP contribution in [0.4, 0.5) is 0 Å². The number of carbonyl (C=O) groups excluding carboxylic acids is 1. The van der Waals surface area contributed by atoms with Crippen LogP contribution in [0, 0.1) is 0 Å². The number of aromatic nitrogens is 1. The maximum atomic E-state index is 10.7. The van der Waals surface area contributed by atoms with Gasteiger partial charge in [-0.3, -0.25) is 4.79 Å². The zero-order valence-corrected chi connectivity index (χ0v) is 9.02. The summed E-state index contributed by atoms with van der Waals surface area (Å²) in [6.45, 7) is 1.51. The molecule has 0 atom stereocenters. The van der Waals surface area contributed by atoms with Gasteiger partial charge in [-0.25, -0.2) is 4.98 Å². The van der Waals surface area contributed by atoms with Crippen molar-refractivity contribution in [2.75, 3.05) is 0 Å². The van der Waals surface area contributed by atoms with E-state index < -0.39 is 0 Å². The molecule has 2 rings (SSSR count). The fourth-order valence-electron chi connectivity index (χ4n) is 0.981. The number of benzene rings is 1. The van der Waals surface area contributed by atoms with Gasteiger partial charge < -0.3 is 4.42 Å². The Morgan fingerprint density at radius 1 is 1.43 bits per heavy atom. The van der Waals surface area contributed by atoms with Gasteiger partial charge in [0.25, 0.3) is 5.22 Å². The van der Waals surface area contributed by atoms with Crippen LogP contribution >= 0.6 is 21.6 Å². The first kappa shape index (κ1) is 9.61. The zero-order chi connectivity index (χ0) is 9.97. The maximum Gasteiger partial charge on any atom is 0.268 e. The van der Waals surface area contributed by atoms with Gasteiger partial charge in [-0.1, -0.05) is 12.1 Å².